The number of nitrogens with zero attached hydrogens (tertiary/aromatic N) is 3. The second kappa shape index (κ2) is 8.71. The zero-order valence-corrected chi connectivity index (χ0v) is 15.8. The Labute approximate surface area is 164 Å². The van der Waals surface area contributed by atoms with Crippen molar-refractivity contribution in [3.8, 4) is 0 Å². The van der Waals surface area contributed by atoms with Crippen LogP contribution in [0.25, 0.3) is 0 Å². The minimum Gasteiger partial charge on any atom is -0.378 e. The third-order valence-corrected chi connectivity index (χ3v) is 4.83. The molecule has 0 spiro atoms. The standard InChI is InChI=1S/C22H24N4O2/c27-22(20-8-4-5-9-21(20)25-10-12-28-13-11-25)23-14-19-15-24-26(17-19)16-18-6-2-1-3-7-18/h1-9,15,17H,10-14,16H2,(H,23,27). The molecule has 0 saturated carbocycles. The van der Waals surface area contributed by atoms with Crippen molar-refractivity contribution >= 4 is 11.6 Å². The molecule has 3 aromatic rings. The van der Waals surface area contributed by atoms with Gasteiger partial charge in [-0.3, -0.25) is 9.48 Å². The highest BCUT2D eigenvalue weighted by Gasteiger charge is 2.18. The van der Waals surface area contributed by atoms with Crippen LogP contribution in [0.15, 0.2) is 67.0 Å². The largest absolute Gasteiger partial charge is 0.378 e. The van der Waals surface area contributed by atoms with Crippen molar-refractivity contribution in [3.63, 3.8) is 0 Å². The van der Waals surface area contributed by atoms with Crippen LogP contribution in [0.2, 0.25) is 0 Å². The van der Waals surface area contributed by atoms with Gasteiger partial charge in [0, 0.05) is 37.1 Å². The summed E-state index contributed by atoms with van der Waals surface area (Å²) in [6, 6.07) is 17.9. The van der Waals surface area contributed by atoms with Gasteiger partial charge in [-0.15, -0.1) is 0 Å². The van der Waals surface area contributed by atoms with Crippen LogP contribution in [-0.2, 0) is 17.8 Å². The Bertz CT molecular complexity index is 917. The maximum Gasteiger partial charge on any atom is 0.253 e. The number of anilines is 1. The van der Waals surface area contributed by atoms with Crippen molar-refractivity contribution in [2.75, 3.05) is 31.2 Å². The highest BCUT2D eigenvalue weighted by atomic mass is 16.5. The summed E-state index contributed by atoms with van der Waals surface area (Å²) in [6.07, 6.45) is 3.78. The van der Waals surface area contributed by atoms with Gasteiger partial charge < -0.3 is 15.0 Å². The lowest BCUT2D eigenvalue weighted by Gasteiger charge is -2.30. The van der Waals surface area contributed by atoms with E-state index in [2.05, 4.69) is 27.4 Å². The number of ether oxygens (including phenoxy) is 1. The Morgan fingerprint density at radius 1 is 1.00 bits per heavy atom. The summed E-state index contributed by atoms with van der Waals surface area (Å²) >= 11 is 0. The Balaban J connectivity index is 1.39. The number of hydrogen-bond donors (Lipinski definition) is 1. The molecule has 1 fully saturated rings. The van der Waals surface area contributed by atoms with E-state index in [4.69, 9.17) is 4.74 Å². The van der Waals surface area contributed by atoms with E-state index in [0.29, 0.717) is 31.9 Å². The van der Waals surface area contributed by atoms with Gasteiger partial charge in [-0.2, -0.15) is 5.10 Å². The zero-order chi connectivity index (χ0) is 19.2. The molecule has 0 unspecified atom stereocenters. The van der Waals surface area contributed by atoms with Crippen LogP contribution >= 0.6 is 0 Å². The van der Waals surface area contributed by atoms with Gasteiger partial charge >= 0.3 is 0 Å². The van der Waals surface area contributed by atoms with E-state index in [1.165, 1.54) is 5.56 Å². The van der Waals surface area contributed by atoms with Crippen LogP contribution < -0.4 is 10.2 Å². The normalized spacial score (nSPS) is 14.1. The van der Waals surface area contributed by atoms with Crippen molar-refractivity contribution in [2.45, 2.75) is 13.1 Å². The molecule has 0 bridgehead atoms. The van der Waals surface area contributed by atoms with E-state index >= 15 is 0 Å². The average molecular weight is 376 g/mol. The summed E-state index contributed by atoms with van der Waals surface area (Å²) in [6.45, 7) is 4.15. The van der Waals surface area contributed by atoms with Crippen LogP contribution in [-0.4, -0.2) is 42.0 Å². The summed E-state index contributed by atoms with van der Waals surface area (Å²) in [4.78, 5) is 15.0. The van der Waals surface area contributed by atoms with E-state index in [1.54, 1.807) is 6.20 Å². The molecule has 0 radical (unpaired) electrons. The first kappa shape index (κ1) is 18.3. The number of benzene rings is 2. The van der Waals surface area contributed by atoms with E-state index < -0.39 is 0 Å². The molecule has 1 aromatic heterocycles. The van der Waals surface area contributed by atoms with Crippen molar-refractivity contribution in [2.24, 2.45) is 0 Å². The molecule has 1 N–H and O–H groups in total. The SMILES string of the molecule is O=C(NCc1cnn(Cc2ccccc2)c1)c1ccccc1N1CCOCC1. The van der Waals surface area contributed by atoms with E-state index in [0.717, 1.165) is 24.3 Å². The van der Waals surface area contributed by atoms with Gasteiger partial charge in [-0.25, -0.2) is 0 Å². The van der Waals surface area contributed by atoms with E-state index in [9.17, 15) is 4.79 Å². The molecule has 1 aliphatic rings. The summed E-state index contributed by atoms with van der Waals surface area (Å²) < 4.78 is 7.31. The fourth-order valence-corrected chi connectivity index (χ4v) is 3.38. The van der Waals surface area contributed by atoms with Crippen molar-refractivity contribution in [3.05, 3.63) is 83.7 Å². The molecule has 0 aliphatic carbocycles. The van der Waals surface area contributed by atoms with E-state index in [1.807, 2.05) is 53.3 Å². The number of aromatic nitrogens is 2. The summed E-state index contributed by atoms with van der Waals surface area (Å²) in [7, 11) is 0. The highest BCUT2D eigenvalue weighted by Crippen LogP contribution is 2.21. The third-order valence-electron chi connectivity index (χ3n) is 4.83. The predicted octanol–water partition coefficient (Wildman–Crippen LogP) is 2.70. The maximum atomic E-state index is 12.8. The van der Waals surface area contributed by atoms with Crippen LogP contribution in [0.1, 0.15) is 21.5 Å². The van der Waals surface area contributed by atoms with Crippen LogP contribution in [0.3, 0.4) is 0 Å². The minimum absolute atomic E-state index is 0.0714. The highest BCUT2D eigenvalue weighted by molar-refractivity contribution is 5.99. The van der Waals surface area contributed by atoms with Crippen molar-refractivity contribution < 1.29 is 9.53 Å². The Morgan fingerprint density at radius 2 is 1.75 bits per heavy atom. The molecule has 1 saturated heterocycles. The molecule has 1 aliphatic heterocycles. The fourth-order valence-electron chi connectivity index (χ4n) is 3.38. The zero-order valence-electron chi connectivity index (χ0n) is 15.8. The Hall–Kier alpha value is -3.12. The van der Waals surface area contributed by atoms with Gasteiger partial charge in [-0.1, -0.05) is 42.5 Å². The number of carbonyl (C=O) groups excluding carboxylic acids is 1. The number of amides is 1. The van der Waals surface area contributed by atoms with E-state index in [-0.39, 0.29) is 5.91 Å². The van der Waals surface area contributed by atoms with Crippen molar-refractivity contribution in [1.29, 1.82) is 0 Å². The van der Waals surface area contributed by atoms with Gasteiger partial charge in [0.15, 0.2) is 0 Å². The number of para-hydroxylation sites is 1. The smallest absolute Gasteiger partial charge is 0.253 e. The lowest BCUT2D eigenvalue weighted by atomic mass is 10.1. The van der Waals surface area contributed by atoms with Gasteiger partial charge in [-0.05, 0) is 17.7 Å². The first-order valence-corrected chi connectivity index (χ1v) is 9.55. The molecular formula is C22H24N4O2. The summed E-state index contributed by atoms with van der Waals surface area (Å²) in [5.41, 5.74) is 3.83. The fraction of sp³-hybridized carbons (Fsp3) is 0.273. The molecule has 2 aromatic carbocycles. The first-order chi connectivity index (χ1) is 13.8. The lowest BCUT2D eigenvalue weighted by molar-refractivity contribution is 0.0949. The number of hydrogen-bond acceptors (Lipinski definition) is 4. The average Bonchev–Trinajstić information content (AvgIpc) is 3.20. The monoisotopic (exact) mass is 376 g/mol. The first-order valence-electron chi connectivity index (χ1n) is 9.55. The second-order valence-corrected chi connectivity index (χ2v) is 6.83. The van der Waals surface area contributed by atoms with Gasteiger partial charge in [0.2, 0.25) is 0 Å². The Morgan fingerprint density at radius 3 is 2.57 bits per heavy atom. The van der Waals surface area contributed by atoms with Gasteiger partial charge in [0.1, 0.15) is 0 Å². The molecular weight excluding hydrogens is 352 g/mol. The van der Waals surface area contributed by atoms with Gasteiger partial charge in [0.05, 0.1) is 31.5 Å². The molecule has 6 heteroatoms. The van der Waals surface area contributed by atoms with Crippen LogP contribution in [0.4, 0.5) is 5.69 Å². The maximum absolute atomic E-state index is 12.8. The molecule has 4 rings (SSSR count). The Kier molecular flexibility index (Phi) is 5.68. The molecule has 144 valence electrons. The van der Waals surface area contributed by atoms with Crippen LogP contribution in [0.5, 0.6) is 0 Å². The third kappa shape index (κ3) is 4.40. The molecule has 0 atom stereocenters. The topological polar surface area (TPSA) is 59.4 Å². The quantitative estimate of drug-likeness (QED) is 0.719. The molecule has 1 amide bonds. The lowest BCUT2D eigenvalue weighted by Crippen LogP contribution is -2.37. The number of morpholine rings is 1. The summed E-state index contributed by atoms with van der Waals surface area (Å²) in [5.74, 6) is -0.0714. The molecule has 2 heterocycles. The molecule has 28 heavy (non-hydrogen) atoms. The second-order valence-electron chi connectivity index (χ2n) is 6.83. The minimum atomic E-state index is -0.0714. The summed E-state index contributed by atoms with van der Waals surface area (Å²) in [5, 5.41) is 7.42. The van der Waals surface area contributed by atoms with Gasteiger partial charge in [0.25, 0.3) is 5.91 Å². The molecule has 6 nitrogen and oxygen atoms in total. The number of nitrogens with one attached hydrogen (secondary N) is 1. The number of carbonyl (C=O) groups is 1. The predicted molar refractivity (Wildman–Crippen MR) is 108 cm³/mol. The van der Waals surface area contributed by atoms with Crippen LogP contribution in [0, 0.1) is 0 Å². The number of rotatable bonds is 6. The van der Waals surface area contributed by atoms with Crippen molar-refractivity contribution in [1.82, 2.24) is 15.1 Å².